The van der Waals surface area contributed by atoms with E-state index in [1.807, 2.05) is 48.9 Å². The van der Waals surface area contributed by atoms with Gasteiger partial charge in [-0.05, 0) is 26.0 Å². The number of imidazole rings is 1. The molecular formula is C13H16ClN3. The van der Waals surface area contributed by atoms with Gasteiger partial charge in [-0.3, -0.25) is 0 Å². The molecule has 0 saturated heterocycles. The fourth-order valence-corrected chi connectivity index (χ4v) is 1.96. The molecule has 0 radical (unpaired) electrons. The first-order valence-corrected chi connectivity index (χ1v) is 5.88. The standard InChI is InChI=1S/C13H16ClN3/c1-13(2,15)8-17-9-16-7-12(17)10-4-3-5-11(14)6-10/h3-7,9H,8,15H2,1-2H3. The molecule has 4 heteroatoms. The van der Waals surface area contributed by atoms with Crippen molar-refractivity contribution in [2.24, 2.45) is 5.73 Å². The lowest BCUT2D eigenvalue weighted by molar-refractivity contribution is 0.436. The molecule has 3 nitrogen and oxygen atoms in total. The van der Waals surface area contributed by atoms with E-state index in [2.05, 4.69) is 4.98 Å². The smallest absolute Gasteiger partial charge is 0.0951 e. The van der Waals surface area contributed by atoms with Crippen LogP contribution >= 0.6 is 11.6 Å². The molecule has 0 amide bonds. The summed E-state index contributed by atoms with van der Waals surface area (Å²) in [5.74, 6) is 0. The van der Waals surface area contributed by atoms with Crippen LogP contribution in [0.4, 0.5) is 0 Å². The third-order valence-electron chi connectivity index (χ3n) is 2.41. The second-order valence-corrected chi connectivity index (χ2v) is 5.34. The predicted octanol–water partition coefficient (Wildman–Crippen LogP) is 2.94. The van der Waals surface area contributed by atoms with Gasteiger partial charge in [-0.1, -0.05) is 23.7 Å². The van der Waals surface area contributed by atoms with Crippen molar-refractivity contribution in [1.29, 1.82) is 0 Å². The summed E-state index contributed by atoms with van der Waals surface area (Å²) in [6.07, 6.45) is 3.63. The van der Waals surface area contributed by atoms with Crippen molar-refractivity contribution in [1.82, 2.24) is 9.55 Å². The van der Waals surface area contributed by atoms with Crippen molar-refractivity contribution < 1.29 is 0 Å². The number of benzene rings is 1. The molecule has 0 aliphatic carbocycles. The maximum absolute atomic E-state index is 6.03. The van der Waals surface area contributed by atoms with E-state index in [1.165, 1.54) is 0 Å². The molecule has 0 unspecified atom stereocenters. The monoisotopic (exact) mass is 249 g/mol. The van der Waals surface area contributed by atoms with Crippen molar-refractivity contribution in [2.45, 2.75) is 25.9 Å². The summed E-state index contributed by atoms with van der Waals surface area (Å²) in [4.78, 5) is 4.18. The highest BCUT2D eigenvalue weighted by Gasteiger charge is 2.14. The van der Waals surface area contributed by atoms with E-state index in [0.29, 0.717) is 0 Å². The molecule has 0 aliphatic heterocycles. The lowest BCUT2D eigenvalue weighted by atomic mass is 10.1. The second kappa shape index (κ2) is 4.51. The molecular weight excluding hydrogens is 234 g/mol. The third kappa shape index (κ3) is 3.08. The molecule has 17 heavy (non-hydrogen) atoms. The Morgan fingerprint density at radius 3 is 2.82 bits per heavy atom. The van der Waals surface area contributed by atoms with Gasteiger partial charge >= 0.3 is 0 Å². The van der Waals surface area contributed by atoms with Crippen LogP contribution in [0, 0.1) is 0 Å². The number of hydrogen-bond acceptors (Lipinski definition) is 2. The molecule has 2 rings (SSSR count). The quantitative estimate of drug-likeness (QED) is 0.909. The summed E-state index contributed by atoms with van der Waals surface area (Å²) in [5.41, 5.74) is 7.85. The van der Waals surface area contributed by atoms with Gasteiger partial charge in [-0.25, -0.2) is 4.98 Å². The van der Waals surface area contributed by atoms with Gasteiger partial charge in [0.25, 0.3) is 0 Å². The molecule has 1 heterocycles. The highest BCUT2D eigenvalue weighted by Crippen LogP contribution is 2.23. The summed E-state index contributed by atoms with van der Waals surface area (Å²) in [5, 5.41) is 0.724. The Labute approximate surface area is 106 Å². The van der Waals surface area contributed by atoms with Crippen molar-refractivity contribution in [3.8, 4) is 11.3 Å². The average molecular weight is 250 g/mol. The molecule has 0 atom stereocenters. The zero-order valence-corrected chi connectivity index (χ0v) is 10.8. The molecule has 0 fully saturated rings. The van der Waals surface area contributed by atoms with E-state index in [9.17, 15) is 0 Å². The van der Waals surface area contributed by atoms with E-state index in [0.717, 1.165) is 22.8 Å². The Morgan fingerprint density at radius 1 is 1.41 bits per heavy atom. The SMILES string of the molecule is CC(C)(N)Cn1cncc1-c1cccc(Cl)c1. The number of hydrogen-bond donors (Lipinski definition) is 1. The van der Waals surface area contributed by atoms with Crippen LogP contribution < -0.4 is 5.73 Å². The first kappa shape index (κ1) is 12.1. The Hall–Kier alpha value is -1.32. The maximum atomic E-state index is 6.03. The van der Waals surface area contributed by atoms with Gasteiger partial charge in [0, 0.05) is 22.7 Å². The van der Waals surface area contributed by atoms with Gasteiger partial charge in [-0.15, -0.1) is 0 Å². The second-order valence-electron chi connectivity index (χ2n) is 4.91. The normalized spacial score (nSPS) is 11.8. The van der Waals surface area contributed by atoms with Crippen molar-refractivity contribution in [3.63, 3.8) is 0 Å². The van der Waals surface area contributed by atoms with E-state index in [1.54, 1.807) is 6.33 Å². The third-order valence-corrected chi connectivity index (χ3v) is 2.65. The van der Waals surface area contributed by atoms with E-state index in [4.69, 9.17) is 17.3 Å². The predicted molar refractivity (Wildman–Crippen MR) is 70.9 cm³/mol. The molecule has 0 saturated carbocycles. The zero-order chi connectivity index (χ0) is 12.5. The Balaban J connectivity index is 2.37. The first-order chi connectivity index (χ1) is 7.96. The minimum absolute atomic E-state index is 0.270. The topological polar surface area (TPSA) is 43.8 Å². The molecule has 90 valence electrons. The molecule has 0 bridgehead atoms. The van der Waals surface area contributed by atoms with E-state index < -0.39 is 0 Å². The molecule has 1 aromatic carbocycles. The van der Waals surface area contributed by atoms with Gasteiger partial charge in [0.1, 0.15) is 0 Å². The van der Waals surface area contributed by atoms with Gasteiger partial charge in [-0.2, -0.15) is 0 Å². The number of nitrogens with zero attached hydrogens (tertiary/aromatic N) is 2. The van der Waals surface area contributed by atoms with Crippen LogP contribution in [0.15, 0.2) is 36.8 Å². The van der Waals surface area contributed by atoms with Crippen LogP contribution in [0.25, 0.3) is 11.3 Å². The van der Waals surface area contributed by atoms with Crippen LogP contribution in [0.3, 0.4) is 0 Å². The fraction of sp³-hybridized carbons (Fsp3) is 0.308. The summed E-state index contributed by atoms with van der Waals surface area (Å²) in [7, 11) is 0. The van der Waals surface area contributed by atoms with Crippen LogP contribution in [0.5, 0.6) is 0 Å². The molecule has 0 spiro atoms. The maximum Gasteiger partial charge on any atom is 0.0951 e. The average Bonchev–Trinajstić information content (AvgIpc) is 2.63. The van der Waals surface area contributed by atoms with Crippen LogP contribution in [0.1, 0.15) is 13.8 Å². The number of rotatable bonds is 3. The summed E-state index contributed by atoms with van der Waals surface area (Å²) >= 11 is 5.99. The number of aromatic nitrogens is 2. The number of nitrogens with two attached hydrogens (primary N) is 1. The lowest BCUT2D eigenvalue weighted by Gasteiger charge is -2.20. The first-order valence-electron chi connectivity index (χ1n) is 5.51. The van der Waals surface area contributed by atoms with Gasteiger partial charge < -0.3 is 10.3 Å². The van der Waals surface area contributed by atoms with Crippen LogP contribution in [-0.2, 0) is 6.54 Å². The van der Waals surface area contributed by atoms with Gasteiger partial charge in [0.05, 0.1) is 18.2 Å². The Bertz CT molecular complexity index is 511. The minimum Gasteiger partial charge on any atom is -0.329 e. The Morgan fingerprint density at radius 2 is 2.18 bits per heavy atom. The highest BCUT2D eigenvalue weighted by atomic mass is 35.5. The highest BCUT2D eigenvalue weighted by molar-refractivity contribution is 6.30. The Kier molecular flexibility index (Phi) is 3.22. The summed E-state index contributed by atoms with van der Waals surface area (Å²) in [6.45, 7) is 4.71. The van der Waals surface area contributed by atoms with Crippen LogP contribution in [0.2, 0.25) is 5.02 Å². The van der Waals surface area contributed by atoms with E-state index >= 15 is 0 Å². The molecule has 2 aromatic rings. The summed E-state index contributed by atoms with van der Waals surface area (Å²) in [6, 6.07) is 7.74. The zero-order valence-electron chi connectivity index (χ0n) is 10.0. The summed E-state index contributed by atoms with van der Waals surface area (Å²) < 4.78 is 2.05. The van der Waals surface area contributed by atoms with E-state index in [-0.39, 0.29) is 5.54 Å². The largest absolute Gasteiger partial charge is 0.329 e. The number of halogens is 1. The minimum atomic E-state index is -0.270. The van der Waals surface area contributed by atoms with Crippen molar-refractivity contribution >= 4 is 11.6 Å². The van der Waals surface area contributed by atoms with Crippen molar-refractivity contribution in [2.75, 3.05) is 0 Å². The van der Waals surface area contributed by atoms with Gasteiger partial charge in [0.2, 0.25) is 0 Å². The molecule has 1 aromatic heterocycles. The lowest BCUT2D eigenvalue weighted by Crippen LogP contribution is -2.37. The fourth-order valence-electron chi connectivity index (χ4n) is 1.77. The van der Waals surface area contributed by atoms with Crippen LogP contribution in [-0.4, -0.2) is 15.1 Å². The molecule has 2 N–H and O–H groups in total. The van der Waals surface area contributed by atoms with Gasteiger partial charge in [0.15, 0.2) is 0 Å². The molecule has 0 aliphatic rings. The van der Waals surface area contributed by atoms with Crippen molar-refractivity contribution in [3.05, 3.63) is 41.8 Å².